The Balaban J connectivity index is 1.36. The minimum absolute atomic E-state index is 0.200. The Kier molecular flexibility index (Phi) is 5.94. The number of nitrogen functional groups attached to an aromatic ring is 1. The third-order valence-electron chi connectivity index (χ3n) is 4.92. The monoisotopic (exact) mass is 429 g/mol. The van der Waals surface area contributed by atoms with Crippen molar-refractivity contribution in [3.05, 3.63) is 89.6 Å². The van der Waals surface area contributed by atoms with Crippen molar-refractivity contribution in [2.45, 2.75) is 12.8 Å². The van der Waals surface area contributed by atoms with Gasteiger partial charge in [0, 0.05) is 12.7 Å². The maximum absolute atomic E-state index is 13.2. The van der Waals surface area contributed by atoms with Crippen LogP contribution in [0.5, 0.6) is 0 Å². The van der Waals surface area contributed by atoms with Gasteiger partial charge in [0.1, 0.15) is 23.3 Å². The van der Waals surface area contributed by atoms with E-state index in [0.717, 1.165) is 5.69 Å². The number of benzene rings is 2. The van der Waals surface area contributed by atoms with E-state index in [0.29, 0.717) is 36.3 Å². The molecular weight excluding hydrogens is 409 g/mol. The predicted molar refractivity (Wildman–Crippen MR) is 117 cm³/mol. The van der Waals surface area contributed by atoms with Gasteiger partial charge in [0.25, 0.3) is 5.91 Å². The second-order valence-corrected chi connectivity index (χ2v) is 7.08. The summed E-state index contributed by atoms with van der Waals surface area (Å²) in [7, 11) is 0. The molecule has 0 spiro atoms. The van der Waals surface area contributed by atoms with Crippen LogP contribution in [-0.2, 0) is 6.42 Å². The summed E-state index contributed by atoms with van der Waals surface area (Å²) in [6.07, 6.45) is 4.20. The van der Waals surface area contributed by atoms with Crippen molar-refractivity contribution in [3.63, 3.8) is 0 Å². The van der Waals surface area contributed by atoms with Crippen LogP contribution in [0.25, 0.3) is 11.4 Å². The number of carbonyl (C=O) groups is 1. The largest absolute Gasteiger partial charge is 0.382 e. The zero-order chi connectivity index (χ0) is 22.5. The number of aryl methyl sites for hydroxylation is 1. The molecule has 9 heteroatoms. The lowest BCUT2D eigenvalue weighted by molar-refractivity contribution is 0.0953. The summed E-state index contributed by atoms with van der Waals surface area (Å²) >= 11 is 0. The highest BCUT2D eigenvalue weighted by molar-refractivity contribution is 5.93. The van der Waals surface area contributed by atoms with Gasteiger partial charge in [-0.15, -0.1) is 0 Å². The molecule has 0 saturated heterocycles. The molecule has 0 radical (unpaired) electrons. The second-order valence-electron chi connectivity index (χ2n) is 7.08. The van der Waals surface area contributed by atoms with Gasteiger partial charge >= 0.3 is 0 Å². The molecule has 8 nitrogen and oxygen atoms in total. The van der Waals surface area contributed by atoms with Crippen LogP contribution < -0.4 is 11.1 Å². The Morgan fingerprint density at radius 2 is 1.88 bits per heavy atom. The fourth-order valence-electron chi connectivity index (χ4n) is 3.28. The van der Waals surface area contributed by atoms with Gasteiger partial charge in [-0.25, -0.2) is 13.8 Å². The summed E-state index contributed by atoms with van der Waals surface area (Å²) in [6, 6.07) is 17.3. The van der Waals surface area contributed by atoms with Crippen LogP contribution in [0.15, 0.2) is 67.0 Å². The molecule has 0 aliphatic carbocycles. The van der Waals surface area contributed by atoms with Gasteiger partial charge < -0.3 is 11.1 Å². The third kappa shape index (κ3) is 4.34. The van der Waals surface area contributed by atoms with Gasteiger partial charge in [0.2, 0.25) is 0 Å². The number of halogens is 1. The Morgan fingerprint density at radius 3 is 2.59 bits per heavy atom. The Hall–Kier alpha value is -4.45. The molecule has 0 aliphatic rings. The number of nitriles is 1. The number of rotatable bonds is 7. The lowest BCUT2D eigenvalue weighted by Gasteiger charge is -2.03. The molecule has 0 unspecified atom stereocenters. The lowest BCUT2D eigenvalue weighted by atomic mass is 10.1. The van der Waals surface area contributed by atoms with Gasteiger partial charge in [0.05, 0.1) is 28.8 Å². The van der Waals surface area contributed by atoms with Crippen LogP contribution in [0.1, 0.15) is 28.0 Å². The molecule has 0 aliphatic heterocycles. The molecule has 160 valence electrons. The molecule has 2 aromatic heterocycles. The van der Waals surface area contributed by atoms with Gasteiger partial charge in [-0.1, -0.05) is 18.2 Å². The first kappa shape index (κ1) is 20.8. The summed E-state index contributed by atoms with van der Waals surface area (Å²) < 4.78 is 16.2. The van der Waals surface area contributed by atoms with E-state index in [4.69, 9.17) is 5.73 Å². The Bertz CT molecular complexity index is 1270. The first-order chi connectivity index (χ1) is 15.6. The molecule has 4 rings (SSSR count). The third-order valence-corrected chi connectivity index (χ3v) is 4.92. The summed E-state index contributed by atoms with van der Waals surface area (Å²) in [6.45, 7) is 0.392. The highest BCUT2D eigenvalue weighted by Crippen LogP contribution is 2.21. The number of amides is 1. The molecular formula is C23H20FN7O. The van der Waals surface area contributed by atoms with Crippen molar-refractivity contribution in [3.8, 4) is 17.4 Å². The molecule has 0 atom stereocenters. The van der Waals surface area contributed by atoms with Crippen LogP contribution in [0.4, 0.5) is 10.2 Å². The first-order valence-corrected chi connectivity index (χ1v) is 9.98. The number of nitrogens with two attached hydrogens (primary N) is 1. The molecule has 32 heavy (non-hydrogen) atoms. The number of carbonyl (C=O) groups excluding carboxylic acids is 1. The fraction of sp³-hybridized carbons (Fsp3) is 0.130. The van der Waals surface area contributed by atoms with Crippen molar-refractivity contribution in [1.82, 2.24) is 24.9 Å². The smallest absolute Gasteiger partial charge is 0.254 e. The SMILES string of the molecule is N#Cc1c(CCCNC(=O)c2cnn(-c3ccccc3)c2)nn(-c2ccc(F)cc2)c1N. The molecule has 4 aromatic rings. The molecule has 1 amide bonds. The van der Waals surface area contributed by atoms with E-state index in [1.54, 1.807) is 23.0 Å². The van der Waals surface area contributed by atoms with Crippen LogP contribution >= 0.6 is 0 Å². The number of nitrogens with one attached hydrogen (secondary N) is 1. The molecule has 2 heterocycles. The van der Waals surface area contributed by atoms with Gasteiger partial charge in [0.15, 0.2) is 0 Å². The topological polar surface area (TPSA) is 115 Å². The zero-order valence-corrected chi connectivity index (χ0v) is 17.1. The van der Waals surface area contributed by atoms with E-state index in [-0.39, 0.29) is 23.1 Å². The average molecular weight is 429 g/mol. The number of hydrogen-bond acceptors (Lipinski definition) is 5. The molecule has 3 N–H and O–H groups in total. The van der Waals surface area contributed by atoms with E-state index >= 15 is 0 Å². The van der Waals surface area contributed by atoms with Crippen molar-refractivity contribution >= 4 is 11.7 Å². The van der Waals surface area contributed by atoms with E-state index in [1.807, 2.05) is 30.3 Å². The minimum Gasteiger partial charge on any atom is -0.382 e. The van der Waals surface area contributed by atoms with Gasteiger partial charge in [-0.2, -0.15) is 15.5 Å². The van der Waals surface area contributed by atoms with Gasteiger partial charge in [-0.05, 0) is 49.2 Å². The minimum atomic E-state index is -0.370. The standard InChI is InChI=1S/C23H20FN7O/c24-17-8-10-19(11-9-17)31-22(26)20(13-25)21(29-31)7-4-12-27-23(32)16-14-28-30(15-16)18-5-2-1-3-6-18/h1-3,5-6,8-11,14-15H,4,7,12,26H2,(H,27,32). The molecule has 0 fully saturated rings. The van der Waals surface area contributed by atoms with E-state index < -0.39 is 0 Å². The number of anilines is 1. The summed E-state index contributed by atoms with van der Waals surface area (Å²) in [4.78, 5) is 12.4. The van der Waals surface area contributed by atoms with E-state index in [9.17, 15) is 14.4 Å². The quantitative estimate of drug-likeness (QED) is 0.438. The second kappa shape index (κ2) is 9.14. The van der Waals surface area contributed by atoms with Crippen molar-refractivity contribution < 1.29 is 9.18 Å². The normalized spacial score (nSPS) is 10.6. The number of hydrogen-bond donors (Lipinski definition) is 2. The summed E-state index contributed by atoms with van der Waals surface area (Å²) in [5.41, 5.74) is 8.76. The van der Waals surface area contributed by atoms with Gasteiger partial charge in [-0.3, -0.25) is 4.79 Å². The fourth-order valence-corrected chi connectivity index (χ4v) is 3.28. The highest BCUT2D eigenvalue weighted by Gasteiger charge is 2.16. The highest BCUT2D eigenvalue weighted by atomic mass is 19.1. The molecule has 0 bridgehead atoms. The van der Waals surface area contributed by atoms with E-state index in [1.165, 1.54) is 23.0 Å². The first-order valence-electron chi connectivity index (χ1n) is 9.98. The molecule has 0 saturated carbocycles. The maximum atomic E-state index is 13.2. The van der Waals surface area contributed by atoms with Crippen LogP contribution in [0.2, 0.25) is 0 Å². The summed E-state index contributed by atoms with van der Waals surface area (Å²) in [5.74, 6) is -0.402. The maximum Gasteiger partial charge on any atom is 0.254 e. The van der Waals surface area contributed by atoms with Crippen molar-refractivity contribution in [1.29, 1.82) is 5.26 Å². The van der Waals surface area contributed by atoms with Crippen LogP contribution in [0.3, 0.4) is 0 Å². The Morgan fingerprint density at radius 1 is 1.12 bits per heavy atom. The Labute approximate surface area is 183 Å². The van der Waals surface area contributed by atoms with Crippen molar-refractivity contribution in [2.24, 2.45) is 0 Å². The lowest BCUT2D eigenvalue weighted by Crippen LogP contribution is -2.24. The average Bonchev–Trinajstić information content (AvgIpc) is 3.43. The zero-order valence-electron chi connectivity index (χ0n) is 17.1. The van der Waals surface area contributed by atoms with E-state index in [2.05, 4.69) is 21.6 Å². The molecule has 2 aromatic carbocycles. The summed E-state index contributed by atoms with van der Waals surface area (Å²) in [5, 5.41) is 21.0. The van der Waals surface area contributed by atoms with Crippen LogP contribution in [0, 0.1) is 17.1 Å². The number of nitrogens with zero attached hydrogens (tertiary/aromatic N) is 5. The number of aromatic nitrogens is 4. The number of para-hydroxylation sites is 1. The van der Waals surface area contributed by atoms with Crippen LogP contribution in [-0.4, -0.2) is 32.0 Å². The van der Waals surface area contributed by atoms with Crippen molar-refractivity contribution in [2.75, 3.05) is 12.3 Å². The predicted octanol–water partition coefficient (Wildman–Crippen LogP) is 3.01.